The van der Waals surface area contributed by atoms with Gasteiger partial charge in [-0.05, 0) is 99.6 Å². The fourth-order valence-corrected chi connectivity index (χ4v) is 9.88. The van der Waals surface area contributed by atoms with Crippen molar-refractivity contribution in [3.05, 3.63) is 64.2 Å². The molecule has 13 nitrogen and oxygen atoms in total. The molecular formula is C45H57N7O6. The monoisotopic (exact) mass is 791 g/mol. The van der Waals surface area contributed by atoms with Gasteiger partial charge in [0.15, 0.2) is 0 Å². The summed E-state index contributed by atoms with van der Waals surface area (Å²) in [4.78, 5) is 71.5. The summed E-state index contributed by atoms with van der Waals surface area (Å²) in [5.74, 6) is -1.52. The van der Waals surface area contributed by atoms with Crippen LogP contribution in [0.25, 0.3) is 21.9 Å². The molecule has 0 aromatic heterocycles. The highest BCUT2D eigenvalue weighted by Crippen LogP contribution is 2.45. The molecule has 4 saturated heterocycles. The number of anilines is 1. The lowest BCUT2D eigenvalue weighted by molar-refractivity contribution is 0.0351. The van der Waals surface area contributed by atoms with Crippen molar-refractivity contribution in [1.29, 1.82) is 0 Å². The van der Waals surface area contributed by atoms with Crippen molar-refractivity contribution in [1.82, 2.24) is 29.4 Å². The summed E-state index contributed by atoms with van der Waals surface area (Å²) < 4.78 is 11.1. The third-order valence-corrected chi connectivity index (χ3v) is 13.0. The van der Waals surface area contributed by atoms with Crippen molar-refractivity contribution < 1.29 is 28.7 Å². The summed E-state index contributed by atoms with van der Waals surface area (Å²) >= 11 is 0. The molecular weight excluding hydrogens is 735 g/mol. The molecule has 0 saturated carbocycles. The number of imide groups is 2. The lowest BCUT2D eigenvalue weighted by Gasteiger charge is -2.35. The molecule has 0 atom stereocenters. The zero-order chi connectivity index (χ0) is 39.6. The van der Waals surface area contributed by atoms with E-state index in [1.165, 1.54) is 35.5 Å². The first-order valence-electron chi connectivity index (χ1n) is 21.7. The van der Waals surface area contributed by atoms with Crippen LogP contribution in [-0.2, 0) is 16.0 Å². The molecule has 13 heteroatoms. The van der Waals surface area contributed by atoms with Gasteiger partial charge in [-0.1, -0.05) is 18.2 Å². The zero-order valence-electron chi connectivity index (χ0n) is 33.8. The van der Waals surface area contributed by atoms with E-state index in [0.29, 0.717) is 90.1 Å². The van der Waals surface area contributed by atoms with Crippen molar-refractivity contribution in [2.45, 2.75) is 45.1 Å². The van der Waals surface area contributed by atoms with Gasteiger partial charge < -0.3 is 19.7 Å². The largest absolute Gasteiger partial charge is 0.383 e. The van der Waals surface area contributed by atoms with E-state index in [2.05, 4.69) is 37.0 Å². The molecule has 1 N–H and O–H groups in total. The second kappa shape index (κ2) is 17.5. The van der Waals surface area contributed by atoms with E-state index in [1.807, 2.05) is 18.2 Å². The maximum absolute atomic E-state index is 15.0. The van der Waals surface area contributed by atoms with Crippen molar-refractivity contribution in [3.8, 4) is 11.1 Å². The molecule has 4 amide bonds. The lowest BCUT2D eigenvalue weighted by Crippen LogP contribution is -2.45. The smallest absolute Gasteiger partial charge is 0.263 e. The minimum atomic E-state index is -0.382. The minimum Gasteiger partial charge on any atom is -0.383 e. The standard InChI is InChI=1S/C45H57N7O6/c53-42-35-29-34(33-9-5-8-32(28-33)31-50-13-3-4-14-50)40-38-36(43(54)51(44(40)55)17-6-15-48-20-24-57-25-21-48)30-37(46-10-19-47-11-1-2-12-47)41(39(35)38)45(56)52(42)18-7-16-49-22-26-58-27-23-49/h5,8-9,28-30,46H,1-4,6-7,10-27,31H2. The van der Waals surface area contributed by atoms with Gasteiger partial charge in [0.25, 0.3) is 23.6 Å². The molecule has 58 heavy (non-hydrogen) atoms. The third kappa shape index (κ3) is 7.92. The van der Waals surface area contributed by atoms with Gasteiger partial charge in [-0.25, -0.2) is 0 Å². The molecule has 4 fully saturated rings. The minimum absolute atomic E-state index is 0.264. The van der Waals surface area contributed by atoms with Gasteiger partial charge in [0.05, 0.1) is 43.1 Å². The number of carbonyl (C=O) groups is 4. The van der Waals surface area contributed by atoms with Gasteiger partial charge in [-0.15, -0.1) is 0 Å². The van der Waals surface area contributed by atoms with Gasteiger partial charge in [-0.3, -0.25) is 43.7 Å². The Kier molecular flexibility index (Phi) is 11.9. The van der Waals surface area contributed by atoms with Crippen molar-refractivity contribution in [3.63, 3.8) is 0 Å². The highest BCUT2D eigenvalue weighted by Gasteiger charge is 2.43. The van der Waals surface area contributed by atoms with E-state index in [1.54, 1.807) is 6.07 Å². The van der Waals surface area contributed by atoms with E-state index in [-0.39, 0.29) is 36.7 Å². The topological polar surface area (TPSA) is 118 Å². The quantitative estimate of drug-likeness (QED) is 0.223. The number of likely N-dealkylation sites (tertiary alicyclic amines) is 2. The maximum atomic E-state index is 15.0. The second-order valence-corrected chi connectivity index (χ2v) is 16.7. The number of carbonyl (C=O) groups excluding carboxylic acids is 4. The average Bonchev–Trinajstić information content (AvgIpc) is 3.97. The Labute approximate surface area is 341 Å². The SMILES string of the molecule is O=C1c2cc(-c3cccc(CN4CCCC4)c3)c3c4c(cc(NCCN5CCCC5)c(c24)C(=O)N1CCCN1CCOCC1)C(=O)N(CCCN1CCOCC1)C3=O. The van der Waals surface area contributed by atoms with Crippen LogP contribution in [-0.4, -0.2) is 171 Å². The number of hydrogen-bond acceptors (Lipinski definition) is 11. The Bertz CT molecular complexity index is 2050. The molecule has 0 spiro atoms. The number of nitrogens with zero attached hydrogens (tertiary/aromatic N) is 6. The van der Waals surface area contributed by atoms with Gasteiger partial charge in [0.2, 0.25) is 0 Å². The van der Waals surface area contributed by atoms with Gasteiger partial charge in [0.1, 0.15) is 0 Å². The molecule has 6 aliphatic rings. The number of benzene rings is 3. The predicted molar refractivity (Wildman–Crippen MR) is 223 cm³/mol. The van der Waals surface area contributed by atoms with E-state index in [0.717, 1.165) is 89.7 Å². The van der Waals surface area contributed by atoms with E-state index in [4.69, 9.17) is 9.47 Å². The Hall–Kier alpha value is -4.24. The number of morpholine rings is 2. The fraction of sp³-hybridized carbons (Fsp3) is 0.556. The van der Waals surface area contributed by atoms with Gasteiger partial charge in [0, 0.05) is 94.0 Å². The first kappa shape index (κ1) is 39.2. The molecule has 6 heterocycles. The summed E-state index contributed by atoms with van der Waals surface area (Å²) in [5, 5.41) is 4.40. The second-order valence-electron chi connectivity index (χ2n) is 16.7. The Morgan fingerprint density at radius 1 is 0.517 bits per heavy atom. The Morgan fingerprint density at radius 2 is 1.05 bits per heavy atom. The summed E-state index contributed by atoms with van der Waals surface area (Å²) in [6.07, 6.45) is 5.98. The van der Waals surface area contributed by atoms with Crippen LogP contribution in [0.15, 0.2) is 36.4 Å². The molecule has 3 aromatic carbocycles. The average molecular weight is 792 g/mol. The first-order chi connectivity index (χ1) is 28.4. The van der Waals surface area contributed by atoms with Gasteiger partial charge >= 0.3 is 0 Å². The van der Waals surface area contributed by atoms with E-state index >= 15 is 0 Å². The van der Waals surface area contributed by atoms with Gasteiger partial charge in [-0.2, -0.15) is 0 Å². The molecule has 0 unspecified atom stereocenters. The highest BCUT2D eigenvalue weighted by atomic mass is 16.5. The van der Waals surface area contributed by atoms with Crippen LogP contribution in [0.5, 0.6) is 0 Å². The number of nitrogens with one attached hydrogen (secondary N) is 1. The summed E-state index contributed by atoms with van der Waals surface area (Å²) in [7, 11) is 0. The molecule has 3 aromatic rings. The Morgan fingerprint density at radius 3 is 1.67 bits per heavy atom. The van der Waals surface area contributed by atoms with Crippen LogP contribution in [0.3, 0.4) is 0 Å². The lowest BCUT2D eigenvalue weighted by atomic mass is 9.81. The number of ether oxygens (including phenoxy) is 2. The maximum Gasteiger partial charge on any atom is 0.263 e. The van der Waals surface area contributed by atoms with Crippen LogP contribution in [0, 0.1) is 0 Å². The number of hydrogen-bond donors (Lipinski definition) is 1. The third-order valence-electron chi connectivity index (χ3n) is 13.0. The number of amides is 4. The van der Waals surface area contributed by atoms with Crippen LogP contribution < -0.4 is 5.32 Å². The molecule has 308 valence electrons. The van der Waals surface area contributed by atoms with E-state index < -0.39 is 0 Å². The molecule has 9 rings (SSSR count). The van der Waals surface area contributed by atoms with Crippen LogP contribution in [0.2, 0.25) is 0 Å². The van der Waals surface area contributed by atoms with Crippen molar-refractivity contribution >= 4 is 40.1 Å². The summed E-state index contributed by atoms with van der Waals surface area (Å²) in [5.41, 5.74) is 4.62. The summed E-state index contributed by atoms with van der Waals surface area (Å²) in [6, 6.07) is 11.9. The van der Waals surface area contributed by atoms with Crippen LogP contribution in [0.1, 0.15) is 85.5 Å². The Balaban J connectivity index is 1.14. The zero-order valence-corrected chi connectivity index (χ0v) is 33.8. The highest BCUT2D eigenvalue weighted by molar-refractivity contribution is 6.36. The fourth-order valence-electron chi connectivity index (χ4n) is 9.88. The van der Waals surface area contributed by atoms with Crippen molar-refractivity contribution in [2.75, 3.05) is 123 Å². The molecule has 0 radical (unpaired) electrons. The molecule has 6 aliphatic heterocycles. The molecule has 0 bridgehead atoms. The normalized spacial score (nSPS) is 21.0. The first-order valence-corrected chi connectivity index (χ1v) is 21.7. The summed E-state index contributed by atoms with van der Waals surface area (Å²) in [6.45, 7) is 14.4. The van der Waals surface area contributed by atoms with Crippen LogP contribution >= 0.6 is 0 Å². The molecule has 0 aliphatic carbocycles. The predicted octanol–water partition coefficient (Wildman–Crippen LogP) is 4.25. The van der Waals surface area contributed by atoms with E-state index in [9.17, 15) is 19.2 Å². The van der Waals surface area contributed by atoms with Crippen molar-refractivity contribution in [2.24, 2.45) is 0 Å². The number of rotatable bonds is 15. The van der Waals surface area contributed by atoms with Crippen LogP contribution in [0.4, 0.5) is 5.69 Å².